The first-order chi connectivity index (χ1) is 14.6. The van der Waals surface area contributed by atoms with Crippen LogP contribution in [0.1, 0.15) is 10.5 Å². The summed E-state index contributed by atoms with van der Waals surface area (Å²) in [5.74, 6) is 0.0839. The first-order valence-electron chi connectivity index (χ1n) is 10.1. The molecule has 156 valence electrons. The molecule has 4 rings (SSSR count). The topological polar surface area (TPSA) is 61.6 Å². The van der Waals surface area contributed by atoms with Gasteiger partial charge in [0.25, 0.3) is 5.91 Å². The highest BCUT2D eigenvalue weighted by atomic mass is 19.1. The van der Waals surface area contributed by atoms with E-state index in [1.165, 1.54) is 12.1 Å². The lowest BCUT2D eigenvalue weighted by Crippen LogP contribution is -2.46. The number of oxazole rings is 1. The van der Waals surface area contributed by atoms with E-state index in [0.29, 0.717) is 17.9 Å². The van der Waals surface area contributed by atoms with E-state index in [2.05, 4.69) is 27.1 Å². The number of carbonyl (C=O) groups excluding carboxylic acids is 1. The lowest BCUT2D eigenvalue weighted by molar-refractivity contribution is 0.0937. The minimum Gasteiger partial charge on any atom is -0.435 e. The third-order valence-electron chi connectivity index (χ3n) is 5.28. The molecule has 3 aromatic rings. The molecule has 0 atom stereocenters. The van der Waals surface area contributed by atoms with Gasteiger partial charge in [-0.25, -0.2) is 9.37 Å². The van der Waals surface area contributed by atoms with E-state index < -0.39 is 0 Å². The summed E-state index contributed by atoms with van der Waals surface area (Å²) in [5.41, 5.74) is 1.62. The second-order valence-corrected chi connectivity index (χ2v) is 7.47. The number of nitrogens with one attached hydrogen (secondary N) is 1. The van der Waals surface area contributed by atoms with Gasteiger partial charge in [-0.3, -0.25) is 9.69 Å². The Labute approximate surface area is 175 Å². The van der Waals surface area contributed by atoms with E-state index in [1.807, 2.05) is 30.3 Å². The zero-order valence-electron chi connectivity index (χ0n) is 17.0. The Morgan fingerprint density at radius 1 is 1.03 bits per heavy atom. The number of benzene rings is 2. The fourth-order valence-corrected chi connectivity index (χ4v) is 3.46. The van der Waals surface area contributed by atoms with Crippen LogP contribution in [0.15, 0.2) is 59.0 Å². The van der Waals surface area contributed by atoms with Crippen molar-refractivity contribution in [1.82, 2.24) is 20.1 Å². The maximum Gasteiger partial charge on any atom is 0.273 e. The molecule has 2 heterocycles. The van der Waals surface area contributed by atoms with Gasteiger partial charge in [-0.15, -0.1) is 0 Å². The average molecular weight is 408 g/mol. The van der Waals surface area contributed by atoms with Crippen molar-refractivity contribution in [1.29, 1.82) is 0 Å². The molecule has 0 radical (unpaired) electrons. The number of likely N-dealkylation sites (N-methyl/N-ethyl adjacent to an activating group) is 1. The number of hydrogen-bond donors (Lipinski definition) is 1. The summed E-state index contributed by atoms with van der Waals surface area (Å²) >= 11 is 0. The van der Waals surface area contributed by atoms with Crippen LogP contribution in [0.3, 0.4) is 0 Å². The van der Waals surface area contributed by atoms with Gasteiger partial charge in [0.05, 0.1) is 0 Å². The molecular weight excluding hydrogens is 383 g/mol. The van der Waals surface area contributed by atoms with Gasteiger partial charge in [0.2, 0.25) is 5.89 Å². The summed E-state index contributed by atoms with van der Waals surface area (Å²) in [4.78, 5) is 22.0. The van der Waals surface area contributed by atoms with Crippen molar-refractivity contribution >= 4 is 5.91 Å². The van der Waals surface area contributed by atoms with Crippen LogP contribution in [0, 0.1) is 5.82 Å². The molecule has 1 aromatic heterocycles. The standard InChI is InChI=1S/C23H25FN4O2/c1-27-13-15-28(16-14-27)12-11-25-22(29)20-21(17-5-3-2-4-6-17)30-23(26-20)18-7-9-19(24)10-8-18/h2-10H,11-16H2,1H3,(H,25,29). The monoisotopic (exact) mass is 408 g/mol. The minimum atomic E-state index is -0.338. The van der Waals surface area contributed by atoms with Crippen molar-refractivity contribution in [2.24, 2.45) is 0 Å². The van der Waals surface area contributed by atoms with E-state index in [0.717, 1.165) is 38.3 Å². The van der Waals surface area contributed by atoms with E-state index in [-0.39, 0.29) is 23.3 Å². The van der Waals surface area contributed by atoms with Gasteiger partial charge in [0.1, 0.15) is 5.82 Å². The van der Waals surface area contributed by atoms with Crippen LogP contribution in [0.5, 0.6) is 0 Å². The summed E-state index contributed by atoms with van der Waals surface area (Å²) in [5, 5.41) is 2.96. The van der Waals surface area contributed by atoms with Crippen LogP contribution >= 0.6 is 0 Å². The Balaban J connectivity index is 1.51. The van der Waals surface area contributed by atoms with Crippen LogP contribution < -0.4 is 5.32 Å². The molecule has 1 aliphatic heterocycles. The number of piperazine rings is 1. The predicted octanol–water partition coefficient (Wildman–Crippen LogP) is 3.12. The molecule has 0 unspecified atom stereocenters. The van der Waals surface area contributed by atoms with Crippen LogP contribution in [0.25, 0.3) is 22.8 Å². The number of hydrogen-bond acceptors (Lipinski definition) is 5. The molecule has 30 heavy (non-hydrogen) atoms. The lowest BCUT2D eigenvalue weighted by atomic mass is 10.1. The van der Waals surface area contributed by atoms with Crippen LogP contribution in [-0.2, 0) is 0 Å². The first kappa shape index (κ1) is 20.3. The maximum atomic E-state index is 13.3. The maximum absolute atomic E-state index is 13.3. The van der Waals surface area contributed by atoms with Crippen molar-refractivity contribution in [2.45, 2.75) is 0 Å². The van der Waals surface area contributed by atoms with Crippen LogP contribution in [0.2, 0.25) is 0 Å². The molecule has 2 aromatic carbocycles. The van der Waals surface area contributed by atoms with Gasteiger partial charge in [-0.05, 0) is 31.3 Å². The Morgan fingerprint density at radius 2 is 1.73 bits per heavy atom. The van der Waals surface area contributed by atoms with E-state index in [4.69, 9.17) is 4.42 Å². The van der Waals surface area contributed by atoms with Gasteiger partial charge >= 0.3 is 0 Å². The number of halogens is 1. The zero-order chi connectivity index (χ0) is 20.9. The van der Waals surface area contributed by atoms with E-state index in [1.54, 1.807) is 12.1 Å². The number of aromatic nitrogens is 1. The molecule has 1 N–H and O–H groups in total. The Hall–Kier alpha value is -3.03. The molecule has 1 fully saturated rings. The highest BCUT2D eigenvalue weighted by Crippen LogP contribution is 2.29. The molecule has 0 spiro atoms. The Morgan fingerprint density at radius 3 is 2.43 bits per heavy atom. The summed E-state index contributed by atoms with van der Waals surface area (Å²) in [6, 6.07) is 15.3. The quantitative estimate of drug-likeness (QED) is 0.679. The molecule has 7 heteroatoms. The number of rotatable bonds is 6. The van der Waals surface area contributed by atoms with E-state index in [9.17, 15) is 9.18 Å². The van der Waals surface area contributed by atoms with Gasteiger partial charge in [-0.1, -0.05) is 30.3 Å². The SMILES string of the molecule is CN1CCN(CCNC(=O)c2nc(-c3ccc(F)cc3)oc2-c2ccccc2)CC1. The minimum absolute atomic E-state index is 0.235. The molecule has 6 nitrogen and oxygen atoms in total. The fraction of sp³-hybridized carbons (Fsp3) is 0.304. The molecule has 1 saturated heterocycles. The van der Waals surface area contributed by atoms with Crippen LogP contribution in [0.4, 0.5) is 4.39 Å². The fourth-order valence-electron chi connectivity index (χ4n) is 3.46. The molecule has 0 bridgehead atoms. The van der Waals surface area contributed by atoms with Gasteiger partial charge in [0.15, 0.2) is 11.5 Å². The third kappa shape index (κ3) is 4.75. The number of nitrogens with zero attached hydrogens (tertiary/aromatic N) is 3. The molecule has 0 saturated carbocycles. The molecular formula is C23H25FN4O2. The van der Waals surface area contributed by atoms with Gasteiger partial charge < -0.3 is 14.6 Å². The van der Waals surface area contributed by atoms with Crippen molar-refractivity contribution in [2.75, 3.05) is 46.3 Å². The predicted molar refractivity (Wildman–Crippen MR) is 114 cm³/mol. The summed E-state index contributed by atoms with van der Waals surface area (Å²) in [6.45, 7) is 5.41. The van der Waals surface area contributed by atoms with Gasteiger partial charge in [-0.2, -0.15) is 0 Å². The summed E-state index contributed by atoms with van der Waals surface area (Å²) in [7, 11) is 2.12. The van der Waals surface area contributed by atoms with Crippen LogP contribution in [-0.4, -0.2) is 67.0 Å². The third-order valence-corrected chi connectivity index (χ3v) is 5.28. The zero-order valence-corrected chi connectivity index (χ0v) is 17.0. The average Bonchev–Trinajstić information content (AvgIpc) is 3.22. The number of amides is 1. The Kier molecular flexibility index (Phi) is 6.21. The summed E-state index contributed by atoms with van der Waals surface area (Å²) in [6.07, 6.45) is 0. The highest BCUT2D eigenvalue weighted by Gasteiger charge is 2.22. The largest absolute Gasteiger partial charge is 0.435 e. The Bertz CT molecular complexity index is 980. The molecule has 1 amide bonds. The second kappa shape index (κ2) is 9.19. The van der Waals surface area contributed by atoms with Gasteiger partial charge in [0, 0.05) is 50.4 Å². The van der Waals surface area contributed by atoms with E-state index >= 15 is 0 Å². The second-order valence-electron chi connectivity index (χ2n) is 7.47. The van der Waals surface area contributed by atoms with Crippen molar-refractivity contribution in [3.8, 4) is 22.8 Å². The summed E-state index contributed by atoms with van der Waals surface area (Å²) < 4.78 is 19.2. The molecule has 0 aliphatic carbocycles. The van der Waals surface area contributed by atoms with Crippen molar-refractivity contribution in [3.63, 3.8) is 0 Å². The lowest BCUT2D eigenvalue weighted by Gasteiger charge is -2.32. The highest BCUT2D eigenvalue weighted by molar-refractivity contribution is 5.98. The smallest absolute Gasteiger partial charge is 0.273 e. The number of carbonyl (C=O) groups is 1. The van der Waals surface area contributed by atoms with Crippen molar-refractivity contribution < 1.29 is 13.6 Å². The molecule has 1 aliphatic rings. The van der Waals surface area contributed by atoms with Crippen molar-refractivity contribution in [3.05, 3.63) is 66.1 Å². The normalized spacial score (nSPS) is 15.3. The first-order valence-corrected chi connectivity index (χ1v) is 10.1.